The highest BCUT2D eigenvalue weighted by molar-refractivity contribution is 7.89. The van der Waals surface area contributed by atoms with Crippen molar-refractivity contribution in [3.8, 4) is 0 Å². The molecule has 0 aliphatic carbocycles. The zero-order valence-electron chi connectivity index (χ0n) is 10.7. The van der Waals surface area contributed by atoms with Gasteiger partial charge in [0.15, 0.2) is 0 Å². The monoisotopic (exact) mass is 344 g/mol. The molecule has 0 aliphatic rings. The lowest BCUT2D eigenvalue weighted by atomic mass is 10.2. The smallest absolute Gasteiger partial charge is 0.389 e. The first kappa shape index (κ1) is 17.8. The molecule has 1 rings (SSSR count). The largest absolute Gasteiger partial charge is 0.390 e. The van der Waals surface area contributed by atoms with Crippen molar-refractivity contribution in [2.24, 2.45) is 5.73 Å². The van der Waals surface area contributed by atoms with Gasteiger partial charge in [0, 0.05) is 11.6 Å². The van der Waals surface area contributed by atoms with Crippen LogP contribution in [-0.2, 0) is 10.0 Å². The molecule has 0 fully saturated rings. The maximum absolute atomic E-state index is 13.4. The van der Waals surface area contributed by atoms with Gasteiger partial charge < -0.3 is 5.73 Å². The van der Waals surface area contributed by atoms with E-state index in [0.29, 0.717) is 0 Å². The van der Waals surface area contributed by atoms with Crippen molar-refractivity contribution in [3.63, 3.8) is 0 Å². The minimum absolute atomic E-state index is 0.295. The Kier molecular flexibility index (Phi) is 5.29. The van der Waals surface area contributed by atoms with Crippen LogP contribution in [0.4, 0.5) is 17.6 Å². The number of nitrogens with one attached hydrogen (secondary N) is 1. The highest BCUT2D eigenvalue weighted by atomic mass is 32.2. The zero-order chi connectivity index (χ0) is 16.4. The molecule has 0 saturated carbocycles. The Labute approximate surface area is 124 Å². The van der Waals surface area contributed by atoms with Crippen LogP contribution in [0.3, 0.4) is 0 Å². The van der Waals surface area contributed by atoms with Gasteiger partial charge in [0.25, 0.3) is 0 Å². The highest BCUT2D eigenvalue weighted by Crippen LogP contribution is 2.22. The van der Waals surface area contributed by atoms with Crippen molar-refractivity contribution in [1.82, 2.24) is 4.72 Å². The Morgan fingerprint density at radius 3 is 2.48 bits per heavy atom. The predicted octanol–water partition coefficient (Wildman–Crippen LogP) is 2.08. The van der Waals surface area contributed by atoms with Crippen LogP contribution in [0.5, 0.6) is 0 Å². The standard InChI is InChI=1S/C11H12F4N2O2S2/c1-6(5-11(13,14)15)17-21(18,19)7-2-3-9(12)8(4-7)10(16)20/h2-4,6,17H,5H2,1H3,(H2,16,20). The third kappa shape index (κ3) is 5.21. The fraction of sp³-hybridized carbons (Fsp3) is 0.364. The van der Waals surface area contributed by atoms with Crippen molar-refractivity contribution in [1.29, 1.82) is 0 Å². The van der Waals surface area contributed by atoms with Crippen molar-refractivity contribution >= 4 is 27.2 Å². The van der Waals surface area contributed by atoms with Gasteiger partial charge in [-0.15, -0.1) is 0 Å². The number of benzene rings is 1. The normalized spacial score (nSPS) is 14.0. The molecule has 0 aliphatic heterocycles. The number of rotatable bonds is 5. The Hall–Kier alpha value is -1.26. The number of alkyl halides is 3. The minimum atomic E-state index is -4.51. The Bertz CT molecular complexity index is 644. The molecular formula is C11H12F4N2O2S2. The molecule has 0 heterocycles. The quantitative estimate of drug-likeness (QED) is 0.634. The number of hydrogen-bond acceptors (Lipinski definition) is 3. The number of halogens is 4. The first-order valence-electron chi connectivity index (χ1n) is 5.61. The maximum Gasteiger partial charge on any atom is 0.390 e. The van der Waals surface area contributed by atoms with Crippen LogP contribution in [0.15, 0.2) is 23.1 Å². The van der Waals surface area contributed by atoms with Gasteiger partial charge in [-0.1, -0.05) is 12.2 Å². The van der Waals surface area contributed by atoms with Gasteiger partial charge in [0.2, 0.25) is 10.0 Å². The molecule has 0 amide bonds. The van der Waals surface area contributed by atoms with Gasteiger partial charge >= 0.3 is 6.18 Å². The summed E-state index contributed by atoms with van der Waals surface area (Å²) in [5, 5.41) is 0. The summed E-state index contributed by atoms with van der Waals surface area (Å²) >= 11 is 4.57. The summed E-state index contributed by atoms with van der Waals surface area (Å²) in [5.41, 5.74) is 4.94. The van der Waals surface area contributed by atoms with E-state index in [1.807, 2.05) is 4.72 Å². The molecular weight excluding hydrogens is 332 g/mol. The molecule has 0 saturated heterocycles. The Morgan fingerprint density at radius 1 is 1.43 bits per heavy atom. The van der Waals surface area contributed by atoms with Crippen LogP contribution >= 0.6 is 12.2 Å². The van der Waals surface area contributed by atoms with E-state index in [-0.39, 0.29) is 10.6 Å². The summed E-state index contributed by atoms with van der Waals surface area (Å²) in [7, 11) is -4.24. The molecule has 0 spiro atoms. The molecule has 10 heteroatoms. The summed E-state index contributed by atoms with van der Waals surface area (Å²) in [6.45, 7) is 1.07. The summed E-state index contributed by atoms with van der Waals surface area (Å²) in [5.74, 6) is -0.815. The summed E-state index contributed by atoms with van der Waals surface area (Å²) in [6.07, 6.45) is -5.83. The number of sulfonamides is 1. The van der Waals surface area contributed by atoms with E-state index in [4.69, 9.17) is 5.73 Å². The van der Waals surface area contributed by atoms with E-state index in [2.05, 4.69) is 12.2 Å². The second-order valence-corrected chi connectivity index (χ2v) is 6.50. The molecule has 3 N–H and O–H groups in total. The first-order valence-corrected chi connectivity index (χ1v) is 7.50. The fourth-order valence-corrected chi connectivity index (χ4v) is 3.01. The predicted molar refractivity (Wildman–Crippen MR) is 72.7 cm³/mol. The van der Waals surface area contributed by atoms with Crippen LogP contribution < -0.4 is 10.5 Å². The second-order valence-electron chi connectivity index (χ2n) is 4.35. The summed E-state index contributed by atoms with van der Waals surface area (Å²) in [6, 6.07) is 1.26. The topological polar surface area (TPSA) is 72.2 Å². The van der Waals surface area contributed by atoms with Gasteiger partial charge in [0.1, 0.15) is 10.8 Å². The van der Waals surface area contributed by atoms with E-state index in [0.717, 1.165) is 25.1 Å². The zero-order valence-corrected chi connectivity index (χ0v) is 12.4. The average molecular weight is 344 g/mol. The molecule has 1 unspecified atom stereocenters. The highest BCUT2D eigenvalue weighted by Gasteiger charge is 2.32. The Balaban J connectivity index is 3.04. The maximum atomic E-state index is 13.4. The number of thiocarbonyl (C=S) groups is 1. The third-order valence-electron chi connectivity index (χ3n) is 2.41. The van der Waals surface area contributed by atoms with Crippen molar-refractivity contribution in [3.05, 3.63) is 29.6 Å². The lowest BCUT2D eigenvalue weighted by Crippen LogP contribution is -2.36. The van der Waals surface area contributed by atoms with Gasteiger partial charge in [-0.2, -0.15) is 13.2 Å². The summed E-state index contributed by atoms with van der Waals surface area (Å²) in [4.78, 5) is -0.770. The summed E-state index contributed by atoms with van der Waals surface area (Å²) < 4.78 is 75.6. The molecule has 0 radical (unpaired) electrons. The average Bonchev–Trinajstić information content (AvgIpc) is 2.24. The van der Waals surface area contributed by atoms with Crippen LogP contribution in [0, 0.1) is 5.82 Å². The van der Waals surface area contributed by atoms with E-state index < -0.39 is 39.4 Å². The first-order chi connectivity index (χ1) is 9.42. The van der Waals surface area contributed by atoms with Gasteiger partial charge in [-0.05, 0) is 25.1 Å². The van der Waals surface area contributed by atoms with Gasteiger partial charge in [-0.3, -0.25) is 0 Å². The molecule has 118 valence electrons. The molecule has 0 aromatic heterocycles. The van der Waals surface area contributed by atoms with Crippen LogP contribution in [-0.4, -0.2) is 25.6 Å². The molecule has 1 atom stereocenters. The van der Waals surface area contributed by atoms with Crippen LogP contribution in [0.2, 0.25) is 0 Å². The Morgan fingerprint density at radius 2 is 2.00 bits per heavy atom. The third-order valence-corrected chi connectivity index (χ3v) is 4.21. The molecule has 4 nitrogen and oxygen atoms in total. The van der Waals surface area contributed by atoms with E-state index in [1.54, 1.807) is 0 Å². The van der Waals surface area contributed by atoms with Gasteiger partial charge in [0.05, 0.1) is 11.3 Å². The van der Waals surface area contributed by atoms with Crippen molar-refractivity contribution < 1.29 is 26.0 Å². The molecule has 21 heavy (non-hydrogen) atoms. The van der Waals surface area contributed by atoms with Crippen LogP contribution in [0.25, 0.3) is 0 Å². The van der Waals surface area contributed by atoms with Crippen molar-refractivity contribution in [2.45, 2.75) is 30.5 Å². The number of hydrogen-bond donors (Lipinski definition) is 2. The SMILES string of the molecule is CC(CC(F)(F)F)NS(=O)(=O)c1ccc(F)c(C(N)=S)c1. The second kappa shape index (κ2) is 6.24. The van der Waals surface area contributed by atoms with Gasteiger partial charge in [-0.25, -0.2) is 17.5 Å². The molecule has 0 bridgehead atoms. The number of nitrogens with two attached hydrogens (primary N) is 1. The van der Waals surface area contributed by atoms with Crippen molar-refractivity contribution in [2.75, 3.05) is 0 Å². The van der Waals surface area contributed by atoms with E-state index in [1.165, 1.54) is 0 Å². The molecule has 1 aromatic carbocycles. The lowest BCUT2D eigenvalue weighted by molar-refractivity contribution is -0.137. The fourth-order valence-electron chi connectivity index (χ4n) is 1.58. The van der Waals surface area contributed by atoms with E-state index >= 15 is 0 Å². The van der Waals surface area contributed by atoms with E-state index in [9.17, 15) is 26.0 Å². The lowest BCUT2D eigenvalue weighted by Gasteiger charge is -2.16. The molecule has 1 aromatic rings. The minimum Gasteiger partial charge on any atom is -0.389 e. The van der Waals surface area contributed by atoms with Crippen LogP contribution in [0.1, 0.15) is 18.9 Å².